The molecule has 0 fully saturated rings. The van der Waals surface area contributed by atoms with Crippen LogP contribution in [0.5, 0.6) is 0 Å². The molecular weight excluding hydrogens is 416 g/mol. The molecule has 2 rings (SSSR count). The summed E-state index contributed by atoms with van der Waals surface area (Å²) in [7, 11) is 0. The van der Waals surface area contributed by atoms with E-state index >= 15 is 0 Å². The Morgan fingerprint density at radius 2 is 1.72 bits per heavy atom. The van der Waals surface area contributed by atoms with Crippen molar-refractivity contribution in [3.05, 3.63) is 41.1 Å². The monoisotopic (exact) mass is 446 g/mol. The van der Waals surface area contributed by atoms with Crippen LogP contribution in [-0.4, -0.2) is 55.2 Å². The van der Waals surface area contributed by atoms with Gasteiger partial charge in [-0.15, -0.1) is 0 Å². The Morgan fingerprint density at radius 3 is 2.31 bits per heavy atom. The van der Waals surface area contributed by atoms with Crippen molar-refractivity contribution in [2.45, 2.75) is 40.2 Å². The molecule has 0 aromatic heterocycles. The van der Waals surface area contributed by atoms with Gasteiger partial charge in [-0.25, -0.2) is 14.4 Å². The topological polar surface area (TPSA) is 126 Å². The molecule has 1 aliphatic heterocycles. The van der Waals surface area contributed by atoms with Gasteiger partial charge in [-0.1, -0.05) is 19.1 Å². The van der Waals surface area contributed by atoms with Crippen LogP contribution in [0.15, 0.2) is 35.5 Å². The molecule has 0 aliphatic carbocycles. The number of anilines is 1. The second kappa shape index (κ2) is 11.7. The van der Waals surface area contributed by atoms with Gasteiger partial charge in [0, 0.05) is 17.9 Å². The lowest BCUT2D eigenvalue weighted by Gasteiger charge is -2.35. The molecule has 10 heteroatoms. The lowest BCUT2D eigenvalue weighted by atomic mass is 9.94. The number of nitrogens with one attached hydrogen (secondary N) is 3. The van der Waals surface area contributed by atoms with Crippen molar-refractivity contribution in [3.8, 4) is 0 Å². The molecule has 32 heavy (non-hydrogen) atoms. The first-order valence-corrected chi connectivity index (χ1v) is 10.6. The fourth-order valence-electron chi connectivity index (χ4n) is 3.30. The normalized spacial score (nSPS) is 15.7. The predicted molar refractivity (Wildman–Crippen MR) is 118 cm³/mol. The van der Waals surface area contributed by atoms with E-state index < -0.39 is 24.0 Å². The predicted octanol–water partition coefficient (Wildman–Crippen LogP) is 2.68. The third-order valence-corrected chi connectivity index (χ3v) is 4.74. The third kappa shape index (κ3) is 6.22. The Balaban J connectivity index is 2.18. The summed E-state index contributed by atoms with van der Waals surface area (Å²) < 4.78 is 9.98. The van der Waals surface area contributed by atoms with Gasteiger partial charge < -0.3 is 25.4 Å². The highest BCUT2D eigenvalue weighted by Gasteiger charge is 2.36. The summed E-state index contributed by atoms with van der Waals surface area (Å²) in [5.41, 5.74) is 2.06. The number of hydrogen-bond acceptors (Lipinski definition) is 6. The van der Waals surface area contributed by atoms with E-state index in [1.165, 1.54) is 4.90 Å². The fraction of sp³-hybridized carbons (Fsp3) is 0.455. The molecule has 3 N–H and O–H groups in total. The lowest BCUT2D eigenvalue weighted by molar-refractivity contribution is -0.142. The van der Waals surface area contributed by atoms with Crippen LogP contribution in [0.3, 0.4) is 0 Å². The average Bonchev–Trinajstić information content (AvgIpc) is 2.75. The summed E-state index contributed by atoms with van der Waals surface area (Å²) in [4.78, 5) is 50.1. The fourth-order valence-corrected chi connectivity index (χ4v) is 3.30. The van der Waals surface area contributed by atoms with Gasteiger partial charge in [-0.3, -0.25) is 9.69 Å². The van der Waals surface area contributed by atoms with Gasteiger partial charge in [0.2, 0.25) is 0 Å². The molecule has 0 saturated carbocycles. The van der Waals surface area contributed by atoms with Gasteiger partial charge in [-0.05, 0) is 44.9 Å². The van der Waals surface area contributed by atoms with E-state index in [2.05, 4.69) is 16.0 Å². The first-order chi connectivity index (χ1) is 15.3. The molecule has 1 heterocycles. The van der Waals surface area contributed by atoms with Crippen molar-refractivity contribution in [3.63, 3.8) is 0 Å². The van der Waals surface area contributed by atoms with E-state index in [0.29, 0.717) is 29.1 Å². The number of hydrogen-bond donors (Lipinski definition) is 3. The van der Waals surface area contributed by atoms with Gasteiger partial charge in [0.25, 0.3) is 0 Å². The number of carbonyl (C=O) groups excluding carboxylic acids is 4. The molecule has 4 amide bonds. The van der Waals surface area contributed by atoms with Crippen molar-refractivity contribution in [2.24, 2.45) is 0 Å². The molecule has 174 valence electrons. The van der Waals surface area contributed by atoms with Crippen LogP contribution < -0.4 is 16.0 Å². The zero-order valence-electron chi connectivity index (χ0n) is 18.8. The number of urea groups is 2. The molecule has 1 aliphatic rings. The van der Waals surface area contributed by atoms with Crippen molar-refractivity contribution in [1.29, 1.82) is 0 Å². The lowest BCUT2D eigenvalue weighted by Crippen LogP contribution is -2.48. The largest absolute Gasteiger partial charge is 0.465 e. The van der Waals surface area contributed by atoms with Gasteiger partial charge in [0.15, 0.2) is 0 Å². The van der Waals surface area contributed by atoms with E-state index in [1.54, 1.807) is 45.0 Å². The number of rotatable bonds is 9. The van der Waals surface area contributed by atoms with Crippen LogP contribution in [-0.2, 0) is 19.1 Å². The average molecular weight is 447 g/mol. The highest BCUT2D eigenvalue weighted by molar-refractivity contribution is 5.95. The minimum absolute atomic E-state index is 0.216. The second-order valence-corrected chi connectivity index (χ2v) is 6.99. The Hall–Kier alpha value is -3.56. The summed E-state index contributed by atoms with van der Waals surface area (Å²) in [6.07, 6.45) is 0.740. The van der Waals surface area contributed by atoms with Crippen LogP contribution in [0.4, 0.5) is 15.3 Å². The standard InChI is InChI=1S/C22H30N4O6/c1-5-12-26-14(4)18(20(28)32-7-3)19(25-22(26)30)15-8-10-16(11-9-15)24-21(29)23-13-17(27)31-6-2/h8-11,19H,5-7,12-13H2,1-4H3,(H,25,30)(H2,23,24,29). The molecule has 0 radical (unpaired) electrons. The first-order valence-electron chi connectivity index (χ1n) is 10.6. The Bertz CT molecular complexity index is 881. The van der Waals surface area contributed by atoms with Crippen LogP contribution in [0.1, 0.15) is 45.7 Å². The van der Waals surface area contributed by atoms with E-state index in [0.717, 1.165) is 6.42 Å². The van der Waals surface area contributed by atoms with Crippen molar-refractivity contribution < 1.29 is 28.7 Å². The quantitative estimate of drug-likeness (QED) is 0.501. The number of nitrogens with zero attached hydrogens (tertiary/aromatic N) is 1. The smallest absolute Gasteiger partial charge is 0.338 e. The third-order valence-electron chi connectivity index (χ3n) is 4.74. The van der Waals surface area contributed by atoms with Crippen molar-refractivity contribution >= 4 is 29.7 Å². The van der Waals surface area contributed by atoms with Gasteiger partial charge >= 0.3 is 24.0 Å². The summed E-state index contributed by atoms with van der Waals surface area (Å²) in [6.45, 7) is 7.78. The Kier molecular flexibility index (Phi) is 9.06. The Labute approximate surface area is 187 Å². The zero-order valence-corrected chi connectivity index (χ0v) is 18.8. The van der Waals surface area contributed by atoms with Crippen molar-refractivity contribution in [2.75, 3.05) is 31.6 Å². The number of ether oxygens (including phenoxy) is 2. The number of benzene rings is 1. The number of esters is 2. The van der Waals surface area contributed by atoms with Crippen LogP contribution in [0.2, 0.25) is 0 Å². The maximum absolute atomic E-state index is 12.7. The maximum Gasteiger partial charge on any atom is 0.338 e. The molecule has 0 saturated heterocycles. The Morgan fingerprint density at radius 1 is 1.06 bits per heavy atom. The molecule has 10 nitrogen and oxygen atoms in total. The summed E-state index contributed by atoms with van der Waals surface area (Å²) in [5, 5.41) is 7.88. The maximum atomic E-state index is 12.7. The molecule has 1 atom stereocenters. The molecule has 1 aromatic carbocycles. The second-order valence-electron chi connectivity index (χ2n) is 6.99. The number of allylic oxidation sites excluding steroid dienone is 1. The van der Waals surface area contributed by atoms with Gasteiger partial charge in [0.1, 0.15) is 6.54 Å². The van der Waals surface area contributed by atoms with Crippen LogP contribution in [0.25, 0.3) is 0 Å². The summed E-state index contributed by atoms with van der Waals surface area (Å²) >= 11 is 0. The molecule has 1 unspecified atom stereocenters. The van der Waals surface area contributed by atoms with Gasteiger partial charge in [0.05, 0.1) is 24.8 Å². The van der Waals surface area contributed by atoms with E-state index in [9.17, 15) is 19.2 Å². The SMILES string of the molecule is CCCN1C(=O)NC(c2ccc(NC(=O)NCC(=O)OCC)cc2)C(C(=O)OCC)=C1C. The highest BCUT2D eigenvalue weighted by atomic mass is 16.5. The molecule has 0 bridgehead atoms. The van der Waals surface area contributed by atoms with E-state index in [-0.39, 0.29) is 25.8 Å². The number of amides is 4. The van der Waals surface area contributed by atoms with Crippen molar-refractivity contribution in [1.82, 2.24) is 15.5 Å². The van der Waals surface area contributed by atoms with Crippen LogP contribution >= 0.6 is 0 Å². The molecular formula is C22H30N4O6. The minimum atomic E-state index is -0.679. The first kappa shape index (κ1) is 24.7. The van der Waals surface area contributed by atoms with E-state index in [4.69, 9.17) is 9.47 Å². The van der Waals surface area contributed by atoms with Crippen LogP contribution in [0, 0.1) is 0 Å². The van der Waals surface area contributed by atoms with Gasteiger partial charge in [-0.2, -0.15) is 0 Å². The highest BCUT2D eigenvalue weighted by Crippen LogP contribution is 2.32. The zero-order chi connectivity index (χ0) is 23.7. The minimum Gasteiger partial charge on any atom is -0.465 e. The summed E-state index contributed by atoms with van der Waals surface area (Å²) in [6, 6.07) is 5.16. The molecule has 0 spiro atoms. The molecule has 1 aromatic rings. The summed E-state index contributed by atoms with van der Waals surface area (Å²) in [5.74, 6) is -1.02. The van der Waals surface area contributed by atoms with E-state index in [1.807, 2.05) is 6.92 Å². The number of carbonyl (C=O) groups is 4.